The van der Waals surface area contributed by atoms with E-state index in [4.69, 9.17) is 5.11 Å². The molecule has 3 nitrogen and oxygen atoms in total. The van der Waals surface area contributed by atoms with Gasteiger partial charge in [-0.05, 0) is 37.3 Å². The minimum absolute atomic E-state index is 0.0343. The van der Waals surface area contributed by atoms with Crippen LogP contribution in [0.25, 0.3) is 0 Å². The van der Waals surface area contributed by atoms with Crippen molar-refractivity contribution in [2.45, 2.75) is 52.5 Å². The number of hydrogen-bond donors (Lipinski definition) is 1. The monoisotopic (exact) mass is 277 g/mol. The van der Waals surface area contributed by atoms with Crippen molar-refractivity contribution in [2.75, 3.05) is 13.2 Å². The summed E-state index contributed by atoms with van der Waals surface area (Å²) in [6, 6.07) is 8.43. The number of amides is 1. The predicted octanol–water partition coefficient (Wildman–Crippen LogP) is 2.94. The number of aliphatic hydroxyl groups excluding tert-OH is 1. The van der Waals surface area contributed by atoms with Gasteiger partial charge in [-0.1, -0.05) is 38.1 Å². The third-order valence-corrected chi connectivity index (χ3v) is 3.91. The number of carbonyl (C=O) groups excluding carboxylic acids is 1. The smallest absolute Gasteiger partial charge is 0.223 e. The van der Waals surface area contributed by atoms with Crippen LogP contribution in [0, 0.1) is 6.92 Å². The maximum absolute atomic E-state index is 12.4. The van der Waals surface area contributed by atoms with E-state index in [9.17, 15) is 4.79 Å². The van der Waals surface area contributed by atoms with Crippen molar-refractivity contribution in [3.05, 3.63) is 35.4 Å². The lowest BCUT2D eigenvalue weighted by atomic mass is 10.0. The highest BCUT2D eigenvalue weighted by molar-refractivity contribution is 5.76. The Balaban J connectivity index is 2.64. The minimum Gasteiger partial charge on any atom is -0.395 e. The fraction of sp³-hybridized carbons (Fsp3) is 0.588. The maximum Gasteiger partial charge on any atom is 0.223 e. The molecule has 0 unspecified atom stereocenters. The van der Waals surface area contributed by atoms with Gasteiger partial charge in [-0.25, -0.2) is 0 Å². The van der Waals surface area contributed by atoms with Gasteiger partial charge in [-0.15, -0.1) is 0 Å². The number of aliphatic hydroxyl groups is 1. The lowest BCUT2D eigenvalue weighted by molar-refractivity contribution is -0.134. The lowest BCUT2D eigenvalue weighted by Crippen LogP contribution is -2.41. The first-order valence-electron chi connectivity index (χ1n) is 7.58. The first-order valence-corrected chi connectivity index (χ1v) is 7.58. The van der Waals surface area contributed by atoms with E-state index in [1.165, 1.54) is 11.1 Å². The number of hydrogen-bond acceptors (Lipinski definition) is 2. The van der Waals surface area contributed by atoms with Crippen LogP contribution in [0.2, 0.25) is 0 Å². The van der Waals surface area contributed by atoms with Crippen molar-refractivity contribution in [1.29, 1.82) is 0 Å². The van der Waals surface area contributed by atoms with Gasteiger partial charge in [0.25, 0.3) is 0 Å². The molecule has 1 N–H and O–H groups in total. The summed E-state index contributed by atoms with van der Waals surface area (Å²) in [4.78, 5) is 14.2. The SMILES string of the molecule is CCC(CC)N(CCO)C(=O)CCc1ccccc1C. The van der Waals surface area contributed by atoms with Crippen LogP contribution >= 0.6 is 0 Å². The van der Waals surface area contributed by atoms with Crippen molar-refractivity contribution in [1.82, 2.24) is 4.90 Å². The number of benzene rings is 1. The zero-order valence-corrected chi connectivity index (χ0v) is 12.9. The molecule has 1 rings (SSSR count). The molecule has 1 aromatic carbocycles. The van der Waals surface area contributed by atoms with Gasteiger partial charge in [-0.3, -0.25) is 4.79 Å². The average Bonchev–Trinajstić information content (AvgIpc) is 2.46. The van der Waals surface area contributed by atoms with Gasteiger partial charge in [0.15, 0.2) is 0 Å². The second-order valence-corrected chi connectivity index (χ2v) is 5.21. The van der Waals surface area contributed by atoms with E-state index < -0.39 is 0 Å². The van der Waals surface area contributed by atoms with E-state index in [-0.39, 0.29) is 18.6 Å². The highest BCUT2D eigenvalue weighted by Crippen LogP contribution is 2.14. The van der Waals surface area contributed by atoms with Crippen LogP contribution in [-0.2, 0) is 11.2 Å². The Morgan fingerprint density at radius 1 is 1.25 bits per heavy atom. The molecule has 1 aromatic rings. The van der Waals surface area contributed by atoms with Crippen molar-refractivity contribution in [3.63, 3.8) is 0 Å². The second kappa shape index (κ2) is 8.75. The Kier molecular flexibility index (Phi) is 7.31. The van der Waals surface area contributed by atoms with E-state index in [0.29, 0.717) is 13.0 Å². The van der Waals surface area contributed by atoms with Crippen molar-refractivity contribution >= 4 is 5.91 Å². The highest BCUT2D eigenvalue weighted by Gasteiger charge is 2.20. The first-order chi connectivity index (χ1) is 9.63. The largest absolute Gasteiger partial charge is 0.395 e. The molecule has 0 aliphatic rings. The molecule has 0 spiro atoms. The minimum atomic E-state index is 0.0343. The topological polar surface area (TPSA) is 40.5 Å². The van der Waals surface area contributed by atoms with Gasteiger partial charge < -0.3 is 10.0 Å². The fourth-order valence-corrected chi connectivity index (χ4v) is 2.62. The van der Waals surface area contributed by atoms with Gasteiger partial charge in [-0.2, -0.15) is 0 Å². The van der Waals surface area contributed by atoms with Crippen LogP contribution in [0.5, 0.6) is 0 Å². The van der Waals surface area contributed by atoms with Gasteiger partial charge in [0.2, 0.25) is 5.91 Å². The van der Waals surface area contributed by atoms with Crippen LogP contribution in [-0.4, -0.2) is 35.1 Å². The predicted molar refractivity (Wildman–Crippen MR) is 82.7 cm³/mol. The van der Waals surface area contributed by atoms with Gasteiger partial charge in [0, 0.05) is 19.0 Å². The molecule has 0 aliphatic carbocycles. The van der Waals surface area contributed by atoms with E-state index in [1.807, 2.05) is 17.0 Å². The van der Waals surface area contributed by atoms with Crippen molar-refractivity contribution in [3.8, 4) is 0 Å². The average molecular weight is 277 g/mol. The number of rotatable bonds is 8. The molecular formula is C17H27NO2. The van der Waals surface area contributed by atoms with E-state index in [1.54, 1.807) is 0 Å². The number of nitrogens with zero attached hydrogens (tertiary/aromatic N) is 1. The van der Waals surface area contributed by atoms with Crippen LogP contribution in [0.1, 0.15) is 44.2 Å². The Labute approximate surface area is 122 Å². The molecule has 0 aliphatic heterocycles. The summed E-state index contributed by atoms with van der Waals surface area (Å²) >= 11 is 0. The third kappa shape index (κ3) is 4.64. The van der Waals surface area contributed by atoms with Gasteiger partial charge >= 0.3 is 0 Å². The summed E-state index contributed by atoms with van der Waals surface area (Å²) in [5.41, 5.74) is 2.46. The molecule has 0 aromatic heterocycles. The molecule has 20 heavy (non-hydrogen) atoms. The van der Waals surface area contributed by atoms with Crippen molar-refractivity contribution in [2.24, 2.45) is 0 Å². The molecular weight excluding hydrogens is 250 g/mol. The zero-order chi connectivity index (χ0) is 15.0. The first kappa shape index (κ1) is 16.7. The lowest BCUT2D eigenvalue weighted by Gasteiger charge is -2.30. The molecule has 0 radical (unpaired) electrons. The number of carbonyl (C=O) groups is 1. The normalized spacial score (nSPS) is 10.8. The van der Waals surface area contributed by atoms with E-state index in [0.717, 1.165) is 19.3 Å². The fourth-order valence-electron chi connectivity index (χ4n) is 2.62. The van der Waals surface area contributed by atoms with Crippen LogP contribution in [0.3, 0.4) is 0 Å². The summed E-state index contributed by atoms with van der Waals surface area (Å²) in [5, 5.41) is 9.16. The molecule has 0 saturated heterocycles. The molecule has 0 bridgehead atoms. The standard InChI is InChI=1S/C17H27NO2/c1-4-16(5-2)18(12-13-19)17(20)11-10-15-9-7-6-8-14(15)3/h6-9,16,19H,4-5,10-13H2,1-3H3. The third-order valence-electron chi connectivity index (χ3n) is 3.91. The molecule has 0 saturated carbocycles. The molecule has 3 heteroatoms. The zero-order valence-electron chi connectivity index (χ0n) is 12.9. The highest BCUT2D eigenvalue weighted by atomic mass is 16.3. The number of aryl methyl sites for hydroxylation is 2. The summed E-state index contributed by atoms with van der Waals surface area (Å²) < 4.78 is 0. The Hall–Kier alpha value is -1.35. The van der Waals surface area contributed by atoms with Gasteiger partial charge in [0.05, 0.1) is 6.61 Å². The Bertz CT molecular complexity index is 413. The quantitative estimate of drug-likeness (QED) is 0.793. The summed E-state index contributed by atoms with van der Waals surface area (Å²) in [6.45, 7) is 6.73. The molecule has 0 heterocycles. The molecule has 0 atom stereocenters. The Morgan fingerprint density at radius 2 is 1.90 bits per heavy atom. The maximum atomic E-state index is 12.4. The van der Waals surface area contributed by atoms with Gasteiger partial charge in [0.1, 0.15) is 0 Å². The summed E-state index contributed by atoms with van der Waals surface area (Å²) in [5.74, 6) is 0.149. The Morgan fingerprint density at radius 3 is 2.45 bits per heavy atom. The van der Waals surface area contributed by atoms with E-state index >= 15 is 0 Å². The second-order valence-electron chi connectivity index (χ2n) is 5.21. The molecule has 112 valence electrons. The van der Waals surface area contributed by atoms with E-state index in [2.05, 4.69) is 32.9 Å². The van der Waals surface area contributed by atoms with Crippen LogP contribution in [0.15, 0.2) is 24.3 Å². The summed E-state index contributed by atoms with van der Waals surface area (Å²) in [7, 11) is 0. The summed E-state index contributed by atoms with van der Waals surface area (Å²) in [6.07, 6.45) is 3.16. The van der Waals surface area contributed by atoms with Crippen LogP contribution < -0.4 is 0 Å². The molecule has 1 amide bonds. The van der Waals surface area contributed by atoms with Crippen LogP contribution in [0.4, 0.5) is 0 Å². The van der Waals surface area contributed by atoms with Crippen molar-refractivity contribution < 1.29 is 9.90 Å². The molecule has 0 fully saturated rings.